The molecule has 2 rings (SSSR count). The van der Waals surface area contributed by atoms with Crippen LogP contribution in [0.1, 0.15) is 27.2 Å². The molecular formula is C13H24N2O2S. The Kier molecular flexibility index (Phi) is 3.85. The fourth-order valence-electron chi connectivity index (χ4n) is 2.62. The number of sulfone groups is 1. The van der Waals surface area contributed by atoms with Gasteiger partial charge in [0.05, 0.1) is 5.75 Å². The van der Waals surface area contributed by atoms with Gasteiger partial charge in [0, 0.05) is 30.6 Å². The van der Waals surface area contributed by atoms with Gasteiger partial charge in [0.1, 0.15) is 0 Å². The highest BCUT2D eigenvalue weighted by molar-refractivity contribution is 7.94. The van der Waals surface area contributed by atoms with Gasteiger partial charge in [-0.15, -0.1) is 0 Å². The number of rotatable bonds is 1. The minimum absolute atomic E-state index is 0.0692. The van der Waals surface area contributed by atoms with Crippen LogP contribution < -0.4 is 5.32 Å². The third-order valence-corrected chi connectivity index (χ3v) is 5.23. The highest BCUT2D eigenvalue weighted by Crippen LogP contribution is 2.24. The third kappa shape index (κ3) is 3.33. The van der Waals surface area contributed by atoms with Crippen LogP contribution in [0.15, 0.2) is 11.5 Å². The van der Waals surface area contributed by atoms with Crippen molar-refractivity contribution in [3.63, 3.8) is 0 Å². The van der Waals surface area contributed by atoms with Crippen LogP contribution in [0.4, 0.5) is 0 Å². The van der Waals surface area contributed by atoms with Crippen LogP contribution in [0.5, 0.6) is 0 Å². The SMILES string of the molecule is CC(C)(C)C1CN(C2C=CS(=O)(=O)C2)CCCN1. The first-order valence-corrected chi connectivity index (χ1v) is 8.38. The standard InChI is InChI=1S/C13H24N2O2S/c1-13(2,3)12-9-15(7-4-6-14-12)11-5-8-18(16,17)10-11/h5,8,11-12,14H,4,6-7,9-10H2,1-3H3. The van der Waals surface area contributed by atoms with E-state index >= 15 is 0 Å². The normalized spacial score (nSPS) is 33.5. The molecule has 2 aliphatic rings. The van der Waals surface area contributed by atoms with Gasteiger partial charge in [-0.3, -0.25) is 4.90 Å². The zero-order chi connectivity index (χ0) is 13.4. The van der Waals surface area contributed by atoms with Crippen LogP contribution >= 0.6 is 0 Å². The van der Waals surface area contributed by atoms with Crippen LogP contribution in [-0.4, -0.2) is 50.8 Å². The predicted octanol–water partition coefficient (Wildman–Crippen LogP) is 1.01. The van der Waals surface area contributed by atoms with Crippen LogP contribution in [-0.2, 0) is 9.84 Å². The van der Waals surface area contributed by atoms with Crippen molar-refractivity contribution in [3.8, 4) is 0 Å². The van der Waals surface area contributed by atoms with Crippen molar-refractivity contribution in [1.29, 1.82) is 0 Å². The van der Waals surface area contributed by atoms with E-state index in [1.54, 1.807) is 0 Å². The Morgan fingerprint density at radius 2 is 2.06 bits per heavy atom. The van der Waals surface area contributed by atoms with Gasteiger partial charge >= 0.3 is 0 Å². The summed E-state index contributed by atoms with van der Waals surface area (Å²) in [5, 5.41) is 4.96. The van der Waals surface area contributed by atoms with Gasteiger partial charge in [0.15, 0.2) is 9.84 Å². The van der Waals surface area contributed by atoms with Crippen molar-refractivity contribution in [2.75, 3.05) is 25.4 Å². The molecular weight excluding hydrogens is 248 g/mol. The van der Waals surface area contributed by atoms with Crippen molar-refractivity contribution in [2.45, 2.75) is 39.3 Å². The molecule has 18 heavy (non-hydrogen) atoms. The summed E-state index contributed by atoms with van der Waals surface area (Å²) in [6.45, 7) is 9.61. The topological polar surface area (TPSA) is 49.4 Å². The fourth-order valence-corrected chi connectivity index (χ4v) is 3.95. The summed E-state index contributed by atoms with van der Waals surface area (Å²) in [6.07, 6.45) is 2.93. The lowest BCUT2D eigenvalue weighted by Crippen LogP contribution is -2.48. The van der Waals surface area contributed by atoms with E-state index in [9.17, 15) is 8.42 Å². The van der Waals surface area contributed by atoms with Gasteiger partial charge in [0.2, 0.25) is 0 Å². The first-order valence-electron chi connectivity index (χ1n) is 6.66. The zero-order valence-electron chi connectivity index (χ0n) is 11.5. The van der Waals surface area contributed by atoms with Gasteiger partial charge in [-0.2, -0.15) is 0 Å². The van der Waals surface area contributed by atoms with Crippen LogP contribution in [0.3, 0.4) is 0 Å². The van der Waals surface area contributed by atoms with Crippen molar-refractivity contribution in [1.82, 2.24) is 10.2 Å². The Morgan fingerprint density at radius 3 is 2.61 bits per heavy atom. The molecule has 2 unspecified atom stereocenters. The van der Waals surface area contributed by atoms with Crippen molar-refractivity contribution >= 4 is 9.84 Å². The average Bonchev–Trinajstić information content (AvgIpc) is 2.50. The predicted molar refractivity (Wildman–Crippen MR) is 74.2 cm³/mol. The van der Waals surface area contributed by atoms with Crippen LogP contribution in [0.2, 0.25) is 0 Å². The van der Waals surface area contributed by atoms with Gasteiger partial charge in [-0.05, 0) is 18.4 Å². The monoisotopic (exact) mass is 272 g/mol. The molecule has 4 nitrogen and oxygen atoms in total. The molecule has 5 heteroatoms. The minimum Gasteiger partial charge on any atom is -0.312 e. The quantitative estimate of drug-likeness (QED) is 0.774. The van der Waals surface area contributed by atoms with Gasteiger partial charge in [0.25, 0.3) is 0 Å². The average molecular weight is 272 g/mol. The van der Waals surface area contributed by atoms with E-state index in [2.05, 4.69) is 31.0 Å². The Labute approximate surface area is 110 Å². The second kappa shape index (κ2) is 4.94. The summed E-state index contributed by atoms with van der Waals surface area (Å²) in [5.41, 5.74) is 0.198. The Bertz CT molecular complexity index is 423. The number of hydrogen-bond acceptors (Lipinski definition) is 4. The van der Waals surface area contributed by atoms with E-state index in [1.807, 2.05) is 6.08 Å². The first-order chi connectivity index (χ1) is 8.28. The molecule has 0 bridgehead atoms. The summed E-state index contributed by atoms with van der Waals surface area (Å²) in [6, 6.07) is 0.483. The summed E-state index contributed by atoms with van der Waals surface area (Å²) in [4.78, 5) is 2.32. The first kappa shape index (κ1) is 14.0. The Balaban J connectivity index is 2.07. The lowest BCUT2D eigenvalue weighted by molar-refractivity contribution is 0.182. The van der Waals surface area contributed by atoms with Crippen molar-refractivity contribution in [3.05, 3.63) is 11.5 Å². The largest absolute Gasteiger partial charge is 0.312 e. The van der Waals surface area contributed by atoms with Crippen LogP contribution in [0.25, 0.3) is 0 Å². The van der Waals surface area contributed by atoms with Gasteiger partial charge < -0.3 is 5.32 Å². The third-order valence-electron chi connectivity index (χ3n) is 3.86. The lowest BCUT2D eigenvalue weighted by Gasteiger charge is -2.35. The molecule has 2 atom stereocenters. The number of nitrogens with one attached hydrogen (secondary N) is 1. The van der Waals surface area contributed by atoms with Crippen molar-refractivity contribution < 1.29 is 8.42 Å². The maximum Gasteiger partial charge on any atom is 0.173 e. The molecule has 0 radical (unpaired) electrons. The van der Waals surface area contributed by atoms with E-state index in [-0.39, 0.29) is 17.2 Å². The second-order valence-electron chi connectivity index (χ2n) is 6.45. The molecule has 0 aliphatic carbocycles. The highest BCUT2D eigenvalue weighted by atomic mass is 32.2. The fraction of sp³-hybridized carbons (Fsp3) is 0.846. The molecule has 0 aromatic carbocycles. The molecule has 2 heterocycles. The summed E-state index contributed by atoms with van der Waals surface area (Å²) in [7, 11) is -2.95. The van der Waals surface area contributed by atoms with E-state index in [0.29, 0.717) is 6.04 Å². The molecule has 0 aromatic heterocycles. The molecule has 0 amide bonds. The minimum atomic E-state index is -2.95. The molecule has 0 aromatic rings. The molecule has 1 N–H and O–H groups in total. The molecule has 1 fully saturated rings. The molecule has 2 aliphatic heterocycles. The summed E-state index contributed by atoms with van der Waals surface area (Å²) >= 11 is 0. The summed E-state index contributed by atoms with van der Waals surface area (Å²) < 4.78 is 23.0. The Morgan fingerprint density at radius 1 is 1.33 bits per heavy atom. The zero-order valence-corrected chi connectivity index (χ0v) is 12.3. The smallest absolute Gasteiger partial charge is 0.173 e. The summed E-state index contributed by atoms with van der Waals surface area (Å²) in [5.74, 6) is 0.254. The molecule has 104 valence electrons. The molecule has 1 saturated heterocycles. The molecule has 0 saturated carbocycles. The maximum atomic E-state index is 11.5. The van der Waals surface area contributed by atoms with E-state index in [0.717, 1.165) is 26.1 Å². The number of nitrogens with zero attached hydrogens (tertiary/aromatic N) is 1. The second-order valence-corrected chi connectivity index (χ2v) is 8.38. The van der Waals surface area contributed by atoms with E-state index in [1.165, 1.54) is 5.41 Å². The van der Waals surface area contributed by atoms with E-state index < -0.39 is 9.84 Å². The lowest BCUT2D eigenvalue weighted by atomic mass is 9.86. The highest BCUT2D eigenvalue weighted by Gasteiger charge is 2.33. The number of hydrogen-bond donors (Lipinski definition) is 1. The van der Waals surface area contributed by atoms with Gasteiger partial charge in [-0.1, -0.05) is 26.8 Å². The van der Waals surface area contributed by atoms with Crippen molar-refractivity contribution in [2.24, 2.45) is 5.41 Å². The van der Waals surface area contributed by atoms with Crippen LogP contribution in [0, 0.1) is 5.41 Å². The van der Waals surface area contributed by atoms with E-state index in [4.69, 9.17) is 0 Å². The van der Waals surface area contributed by atoms with Gasteiger partial charge in [-0.25, -0.2) is 8.42 Å². The Hall–Kier alpha value is -0.390. The molecule has 0 spiro atoms. The maximum absolute atomic E-state index is 11.5.